The van der Waals surface area contributed by atoms with Gasteiger partial charge in [0.05, 0.1) is 11.2 Å². The second kappa shape index (κ2) is 4.35. The molecule has 0 aromatic heterocycles. The largest absolute Gasteiger partial charge is 0.481 e. The van der Waals surface area contributed by atoms with Crippen LogP contribution < -0.4 is 0 Å². The molecule has 0 bridgehead atoms. The summed E-state index contributed by atoms with van der Waals surface area (Å²) in [5, 5.41) is 16.9. The zero-order chi connectivity index (χ0) is 9.78. The number of carboxylic acids is 2. The van der Waals surface area contributed by atoms with Gasteiger partial charge in [-0.1, -0.05) is 0 Å². The van der Waals surface area contributed by atoms with Crippen LogP contribution in [-0.2, 0) is 9.59 Å². The van der Waals surface area contributed by atoms with Crippen LogP contribution in [0.1, 0.15) is 13.8 Å². The van der Waals surface area contributed by atoms with Crippen LogP contribution in [0.2, 0.25) is 0 Å². The second-order valence-corrected chi connectivity index (χ2v) is 4.06. The van der Waals surface area contributed by atoms with Crippen molar-refractivity contribution in [1.29, 1.82) is 0 Å². The molecule has 0 fully saturated rings. The Labute approximate surface area is 75.0 Å². The molecule has 0 aliphatic rings. The number of hydrogen-bond acceptors (Lipinski definition) is 3. The maximum Gasteiger partial charge on any atom is 0.313 e. The van der Waals surface area contributed by atoms with Crippen LogP contribution >= 0.6 is 11.8 Å². The van der Waals surface area contributed by atoms with Crippen molar-refractivity contribution in [3.8, 4) is 0 Å². The van der Waals surface area contributed by atoms with Gasteiger partial charge >= 0.3 is 11.9 Å². The van der Waals surface area contributed by atoms with Gasteiger partial charge < -0.3 is 10.2 Å². The van der Waals surface area contributed by atoms with Gasteiger partial charge in [-0.15, -0.1) is 11.8 Å². The van der Waals surface area contributed by atoms with Crippen LogP contribution in [0, 0.1) is 5.41 Å². The Morgan fingerprint density at radius 1 is 1.33 bits per heavy atom. The van der Waals surface area contributed by atoms with Crippen molar-refractivity contribution < 1.29 is 19.8 Å². The minimum absolute atomic E-state index is 0.0449. The molecule has 0 rings (SSSR count). The van der Waals surface area contributed by atoms with E-state index in [1.165, 1.54) is 0 Å². The molecule has 0 saturated carbocycles. The summed E-state index contributed by atoms with van der Waals surface area (Å²) in [6.07, 6.45) is 0. The average molecular weight is 192 g/mol. The first-order valence-electron chi connectivity index (χ1n) is 3.39. The molecule has 0 aromatic carbocycles. The number of aliphatic carboxylic acids is 2. The van der Waals surface area contributed by atoms with Crippen LogP contribution in [0.5, 0.6) is 0 Å². The van der Waals surface area contributed by atoms with E-state index in [4.69, 9.17) is 10.2 Å². The SMILES string of the molecule is CC(C)(CSCC(=O)O)C(=O)O. The first kappa shape index (κ1) is 11.3. The highest BCUT2D eigenvalue weighted by atomic mass is 32.2. The van der Waals surface area contributed by atoms with Gasteiger partial charge in [0.25, 0.3) is 0 Å². The van der Waals surface area contributed by atoms with E-state index in [9.17, 15) is 9.59 Å². The highest BCUT2D eigenvalue weighted by molar-refractivity contribution is 7.99. The molecule has 4 nitrogen and oxygen atoms in total. The van der Waals surface area contributed by atoms with Crippen molar-refractivity contribution in [2.75, 3.05) is 11.5 Å². The third-order valence-corrected chi connectivity index (χ3v) is 2.64. The summed E-state index contributed by atoms with van der Waals surface area (Å²) in [7, 11) is 0. The lowest BCUT2D eigenvalue weighted by Crippen LogP contribution is -2.26. The summed E-state index contributed by atoms with van der Waals surface area (Å²) in [6.45, 7) is 3.15. The lowest BCUT2D eigenvalue weighted by atomic mass is 9.97. The summed E-state index contributed by atoms with van der Waals surface area (Å²) in [6, 6.07) is 0. The molecule has 2 N–H and O–H groups in total. The molecular formula is C7H12O4S. The number of thioether (sulfide) groups is 1. The summed E-state index contributed by atoms with van der Waals surface area (Å²) in [5.74, 6) is -1.55. The molecule has 0 unspecified atom stereocenters. The van der Waals surface area contributed by atoms with Gasteiger partial charge in [-0.3, -0.25) is 9.59 Å². The molecule has 0 atom stereocenters. The molecule has 0 amide bonds. The zero-order valence-corrected chi connectivity index (χ0v) is 7.85. The van der Waals surface area contributed by atoms with Crippen LogP contribution in [-0.4, -0.2) is 33.7 Å². The topological polar surface area (TPSA) is 74.6 Å². The Balaban J connectivity index is 3.76. The fourth-order valence-electron chi connectivity index (χ4n) is 0.455. The summed E-state index contributed by atoms with van der Waals surface area (Å²) < 4.78 is 0. The van der Waals surface area contributed by atoms with E-state index in [2.05, 4.69) is 0 Å². The summed E-state index contributed by atoms with van der Waals surface area (Å²) in [4.78, 5) is 20.6. The Morgan fingerprint density at radius 2 is 1.83 bits per heavy atom. The van der Waals surface area contributed by atoms with Crippen molar-refractivity contribution in [3.63, 3.8) is 0 Å². The van der Waals surface area contributed by atoms with E-state index in [0.29, 0.717) is 5.75 Å². The molecular weight excluding hydrogens is 180 g/mol. The number of hydrogen-bond donors (Lipinski definition) is 2. The lowest BCUT2D eigenvalue weighted by molar-refractivity contribution is -0.145. The van der Waals surface area contributed by atoms with Gasteiger partial charge in [-0.2, -0.15) is 0 Å². The molecule has 0 radical (unpaired) electrons. The van der Waals surface area contributed by atoms with Crippen LogP contribution in [0.15, 0.2) is 0 Å². The Bertz CT molecular complexity index is 188. The monoisotopic (exact) mass is 192 g/mol. The number of carbonyl (C=O) groups is 2. The van der Waals surface area contributed by atoms with Crippen molar-refractivity contribution in [2.45, 2.75) is 13.8 Å². The maximum atomic E-state index is 10.5. The standard InChI is InChI=1S/C7H12O4S/c1-7(2,6(10)11)4-12-3-5(8)9/h3-4H2,1-2H3,(H,8,9)(H,10,11). The molecule has 0 spiro atoms. The van der Waals surface area contributed by atoms with E-state index in [-0.39, 0.29) is 5.75 Å². The van der Waals surface area contributed by atoms with E-state index in [1.807, 2.05) is 0 Å². The molecule has 12 heavy (non-hydrogen) atoms. The molecule has 70 valence electrons. The average Bonchev–Trinajstić information content (AvgIpc) is 1.85. The van der Waals surface area contributed by atoms with Crippen molar-refractivity contribution >= 4 is 23.7 Å². The smallest absolute Gasteiger partial charge is 0.313 e. The van der Waals surface area contributed by atoms with Gasteiger partial charge in [-0.25, -0.2) is 0 Å². The van der Waals surface area contributed by atoms with Gasteiger partial charge in [0.1, 0.15) is 0 Å². The third kappa shape index (κ3) is 4.23. The first-order valence-corrected chi connectivity index (χ1v) is 4.54. The van der Waals surface area contributed by atoms with E-state index >= 15 is 0 Å². The fraction of sp³-hybridized carbons (Fsp3) is 0.714. The Morgan fingerprint density at radius 3 is 2.17 bits per heavy atom. The molecule has 0 heterocycles. The highest BCUT2D eigenvalue weighted by Crippen LogP contribution is 2.21. The van der Waals surface area contributed by atoms with E-state index in [1.54, 1.807) is 13.8 Å². The quantitative estimate of drug-likeness (QED) is 0.677. The third-order valence-electron chi connectivity index (χ3n) is 1.27. The molecule has 0 aliphatic heterocycles. The van der Waals surface area contributed by atoms with Crippen molar-refractivity contribution in [1.82, 2.24) is 0 Å². The van der Waals surface area contributed by atoms with E-state index in [0.717, 1.165) is 11.8 Å². The lowest BCUT2D eigenvalue weighted by Gasteiger charge is -2.17. The number of carboxylic acid groups (broad SMARTS) is 2. The minimum atomic E-state index is -0.916. The molecule has 5 heteroatoms. The van der Waals surface area contributed by atoms with Crippen LogP contribution in [0.3, 0.4) is 0 Å². The number of rotatable bonds is 5. The highest BCUT2D eigenvalue weighted by Gasteiger charge is 2.26. The van der Waals surface area contributed by atoms with Crippen molar-refractivity contribution in [2.24, 2.45) is 5.41 Å². The first-order chi connectivity index (χ1) is 5.36. The van der Waals surface area contributed by atoms with Crippen LogP contribution in [0.4, 0.5) is 0 Å². The maximum absolute atomic E-state index is 10.5. The van der Waals surface area contributed by atoms with Crippen molar-refractivity contribution in [3.05, 3.63) is 0 Å². The van der Waals surface area contributed by atoms with Gasteiger partial charge in [0.2, 0.25) is 0 Å². The van der Waals surface area contributed by atoms with E-state index < -0.39 is 17.4 Å². The molecule has 0 aromatic rings. The Hall–Kier alpha value is -0.710. The van der Waals surface area contributed by atoms with Gasteiger partial charge in [-0.05, 0) is 13.8 Å². The normalized spacial score (nSPS) is 11.2. The van der Waals surface area contributed by atoms with Gasteiger partial charge in [0.15, 0.2) is 0 Å². The molecule has 0 aliphatic carbocycles. The second-order valence-electron chi connectivity index (χ2n) is 3.08. The minimum Gasteiger partial charge on any atom is -0.481 e. The Kier molecular flexibility index (Phi) is 4.09. The zero-order valence-electron chi connectivity index (χ0n) is 7.03. The summed E-state index contributed by atoms with van der Waals surface area (Å²) >= 11 is 1.12. The fourth-order valence-corrected chi connectivity index (χ4v) is 1.37. The van der Waals surface area contributed by atoms with Crippen LogP contribution in [0.25, 0.3) is 0 Å². The van der Waals surface area contributed by atoms with Gasteiger partial charge in [0, 0.05) is 5.75 Å². The molecule has 0 saturated heterocycles. The predicted octanol–water partition coefficient (Wildman–Crippen LogP) is 0.915. The summed E-state index contributed by atoms with van der Waals surface area (Å²) in [5.41, 5.74) is -0.847. The predicted molar refractivity (Wildman–Crippen MR) is 46.4 cm³/mol.